The number of piperazine rings is 1. The molecule has 0 atom stereocenters. The van der Waals surface area contributed by atoms with Gasteiger partial charge >= 0.3 is 0 Å². The second kappa shape index (κ2) is 7.32. The lowest BCUT2D eigenvalue weighted by atomic mass is 10.2. The van der Waals surface area contributed by atoms with Crippen molar-refractivity contribution in [2.45, 2.75) is 0 Å². The predicted octanol–water partition coefficient (Wildman–Crippen LogP) is 2.67. The Morgan fingerprint density at radius 3 is 2.38 bits per heavy atom. The molecule has 3 N–H and O–H groups in total. The average Bonchev–Trinajstić information content (AvgIpc) is 3.07. The third-order valence-electron chi connectivity index (χ3n) is 4.89. The summed E-state index contributed by atoms with van der Waals surface area (Å²) in [7, 11) is 0. The van der Waals surface area contributed by atoms with Crippen molar-refractivity contribution < 1.29 is 18.4 Å². The number of aromatic amines is 1. The summed E-state index contributed by atoms with van der Waals surface area (Å²) < 4.78 is 28.3. The number of anilines is 1. The number of nitrogens with two attached hydrogens (primary N) is 1. The molecule has 7 nitrogen and oxygen atoms in total. The number of aromatic nitrogens is 2. The SMILES string of the molecule is Nc1cc(C(=O)N2CCN(C(=O)c3[nH]c4ccc(F)c(Cl)c4c3F)CC2)ccn1. The van der Waals surface area contributed by atoms with E-state index in [0.29, 0.717) is 5.56 Å². The van der Waals surface area contributed by atoms with Crippen molar-refractivity contribution in [1.82, 2.24) is 19.8 Å². The third kappa shape index (κ3) is 3.38. The van der Waals surface area contributed by atoms with Crippen LogP contribution in [0.15, 0.2) is 30.5 Å². The summed E-state index contributed by atoms with van der Waals surface area (Å²) >= 11 is 5.84. The molecule has 2 amide bonds. The van der Waals surface area contributed by atoms with E-state index in [2.05, 4.69) is 9.97 Å². The van der Waals surface area contributed by atoms with Gasteiger partial charge in [-0.15, -0.1) is 0 Å². The highest BCUT2D eigenvalue weighted by molar-refractivity contribution is 6.35. The van der Waals surface area contributed by atoms with Gasteiger partial charge in [-0.1, -0.05) is 11.6 Å². The number of fused-ring (bicyclic) bond motifs is 1. The van der Waals surface area contributed by atoms with Crippen LogP contribution in [0, 0.1) is 11.6 Å². The predicted molar refractivity (Wildman–Crippen MR) is 104 cm³/mol. The third-order valence-corrected chi connectivity index (χ3v) is 5.26. The zero-order valence-electron chi connectivity index (χ0n) is 15.1. The van der Waals surface area contributed by atoms with Crippen LogP contribution in [0.4, 0.5) is 14.6 Å². The molecule has 3 heterocycles. The van der Waals surface area contributed by atoms with Crippen molar-refractivity contribution in [1.29, 1.82) is 0 Å². The second-order valence-corrected chi connectivity index (χ2v) is 7.03. The van der Waals surface area contributed by atoms with Crippen LogP contribution in [0.2, 0.25) is 5.02 Å². The first-order valence-corrected chi connectivity index (χ1v) is 9.20. The van der Waals surface area contributed by atoms with Crippen LogP contribution < -0.4 is 5.73 Å². The number of benzene rings is 1. The van der Waals surface area contributed by atoms with E-state index in [0.717, 1.165) is 6.07 Å². The number of amides is 2. The first kappa shape index (κ1) is 19.1. The topological polar surface area (TPSA) is 95.3 Å². The first-order chi connectivity index (χ1) is 13.9. The minimum absolute atomic E-state index is 0.154. The molecule has 1 saturated heterocycles. The van der Waals surface area contributed by atoms with Crippen LogP contribution in [0.5, 0.6) is 0 Å². The number of H-pyrrole nitrogens is 1. The number of rotatable bonds is 2. The highest BCUT2D eigenvalue weighted by Gasteiger charge is 2.29. The van der Waals surface area contributed by atoms with Crippen molar-refractivity contribution in [2.75, 3.05) is 31.9 Å². The Labute approximate surface area is 169 Å². The lowest BCUT2D eigenvalue weighted by molar-refractivity contribution is 0.0530. The van der Waals surface area contributed by atoms with E-state index in [1.54, 1.807) is 11.0 Å². The van der Waals surface area contributed by atoms with Gasteiger partial charge in [-0.05, 0) is 24.3 Å². The van der Waals surface area contributed by atoms with Gasteiger partial charge in [0.1, 0.15) is 17.3 Å². The number of hydrogen-bond donors (Lipinski definition) is 2. The summed E-state index contributed by atoms with van der Waals surface area (Å²) in [6.45, 7) is 1.01. The number of nitrogen functional groups attached to an aromatic ring is 1. The van der Waals surface area contributed by atoms with Crippen LogP contribution in [0.1, 0.15) is 20.8 Å². The van der Waals surface area contributed by atoms with Gasteiger partial charge < -0.3 is 20.5 Å². The molecule has 10 heteroatoms. The Morgan fingerprint density at radius 2 is 1.72 bits per heavy atom. The monoisotopic (exact) mass is 419 g/mol. The fourth-order valence-corrected chi connectivity index (χ4v) is 3.61. The first-order valence-electron chi connectivity index (χ1n) is 8.82. The summed E-state index contributed by atoms with van der Waals surface area (Å²) in [6.07, 6.45) is 1.45. The molecule has 1 aliphatic heterocycles. The van der Waals surface area contributed by atoms with Crippen LogP contribution >= 0.6 is 11.6 Å². The molecule has 0 bridgehead atoms. The van der Waals surface area contributed by atoms with Crippen molar-refractivity contribution in [3.63, 3.8) is 0 Å². The molecule has 1 aliphatic rings. The molecule has 0 aliphatic carbocycles. The Hall–Kier alpha value is -3.20. The second-order valence-electron chi connectivity index (χ2n) is 6.65. The zero-order valence-corrected chi connectivity index (χ0v) is 15.8. The van der Waals surface area contributed by atoms with E-state index >= 15 is 0 Å². The number of nitrogens with zero attached hydrogens (tertiary/aromatic N) is 3. The minimum Gasteiger partial charge on any atom is -0.384 e. The molecule has 2 aromatic heterocycles. The summed E-state index contributed by atoms with van der Waals surface area (Å²) in [5.41, 5.74) is 5.98. The molecule has 0 spiro atoms. The molecule has 4 rings (SSSR count). The average molecular weight is 420 g/mol. The van der Waals surface area contributed by atoms with Gasteiger partial charge in [0, 0.05) is 37.9 Å². The zero-order chi connectivity index (χ0) is 20.7. The van der Waals surface area contributed by atoms with Gasteiger partial charge in [0.15, 0.2) is 5.82 Å². The number of halogens is 3. The number of pyridine rings is 1. The van der Waals surface area contributed by atoms with Gasteiger partial charge in [-0.3, -0.25) is 9.59 Å². The van der Waals surface area contributed by atoms with Gasteiger partial charge in [0.05, 0.1) is 15.9 Å². The Morgan fingerprint density at radius 1 is 1.07 bits per heavy atom. The van der Waals surface area contributed by atoms with E-state index in [4.69, 9.17) is 17.3 Å². The Bertz CT molecular complexity index is 1130. The van der Waals surface area contributed by atoms with Crippen LogP contribution in [0.25, 0.3) is 10.9 Å². The lowest BCUT2D eigenvalue weighted by Gasteiger charge is -2.34. The summed E-state index contributed by atoms with van der Waals surface area (Å²) in [6, 6.07) is 5.49. The molecule has 0 unspecified atom stereocenters. The summed E-state index contributed by atoms with van der Waals surface area (Å²) in [5, 5.41) is -0.526. The minimum atomic E-state index is -0.889. The molecule has 1 fully saturated rings. The van der Waals surface area contributed by atoms with E-state index in [1.807, 2.05) is 0 Å². The smallest absolute Gasteiger partial charge is 0.273 e. The van der Waals surface area contributed by atoms with E-state index < -0.39 is 17.5 Å². The maximum Gasteiger partial charge on any atom is 0.273 e. The number of carbonyl (C=O) groups is 2. The molecule has 0 radical (unpaired) electrons. The van der Waals surface area contributed by atoms with E-state index in [1.165, 1.54) is 23.2 Å². The fraction of sp³-hybridized carbons (Fsp3) is 0.211. The van der Waals surface area contributed by atoms with Gasteiger partial charge in [-0.2, -0.15) is 0 Å². The van der Waals surface area contributed by atoms with E-state index in [9.17, 15) is 18.4 Å². The standard InChI is InChI=1S/C19H16ClF2N5O2/c20-15-11(21)1-2-12-14(15)16(22)17(25-12)19(29)27-7-5-26(6-8-27)18(28)10-3-4-24-13(23)9-10/h1-4,9,25H,5-8H2,(H2,23,24). The molecule has 1 aromatic carbocycles. The number of hydrogen-bond acceptors (Lipinski definition) is 4. The molecular formula is C19H16ClF2N5O2. The van der Waals surface area contributed by atoms with E-state index in [-0.39, 0.29) is 59.5 Å². The summed E-state index contributed by atoms with van der Waals surface area (Å²) in [5.74, 6) is -2.20. The lowest BCUT2D eigenvalue weighted by Crippen LogP contribution is -2.50. The Kier molecular flexibility index (Phi) is 4.83. The fourth-order valence-electron chi connectivity index (χ4n) is 3.37. The van der Waals surface area contributed by atoms with Crippen molar-refractivity contribution >= 4 is 40.1 Å². The molecule has 150 valence electrons. The quantitative estimate of drug-likeness (QED) is 0.667. The molecule has 29 heavy (non-hydrogen) atoms. The van der Waals surface area contributed by atoms with Crippen LogP contribution in [-0.4, -0.2) is 57.8 Å². The largest absolute Gasteiger partial charge is 0.384 e. The summed E-state index contributed by atoms with van der Waals surface area (Å²) in [4.78, 5) is 34.9. The number of nitrogens with one attached hydrogen (secondary N) is 1. The molecular weight excluding hydrogens is 404 g/mol. The normalized spacial score (nSPS) is 14.4. The van der Waals surface area contributed by atoms with Gasteiger partial charge in [-0.25, -0.2) is 13.8 Å². The maximum atomic E-state index is 14.7. The maximum absolute atomic E-state index is 14.7. The molecule has 3 aromatic rings. The molecule has 0 saturated carbocycles. The van der Waals surface area contributed by atoms with Crippen LogP contribution in [-0.2, 0) is 0 Å². The van der Waals surface area contributed by atoms with Crippen molar-refractivity contribution in [2.24, 2.45) is 0 Å². The Balaban J connectivity index is 1.50. The van der Waals surface area contributed by atoms with Crippen molar-refractivity contribution in [3.8, 4) is 0 Å². The van der Waals surface area contributed by atoms with Gasteiger partial charge in [0.2, 0.25) is 0 Å². The highest BCUT2D eigenvalue weighted by Crippen LogP contribution is 2.31. The van der Waals surface area contributed by atoms with Crippen molar-refractivity contribution in [3.05, 3.63) is 58.4 Å². The van der Waals surface area contributed by atoms with Crippen LogP contribution in [0.3, 0.4) is 0 Å². The highest BCUT2D eigenvalue weighted by atomic mass is 35.5. The number of carbonyl (C=O) groups excluding carboxylic acids is 2. The van der Waals surface area contributed by atoms with Gasteiger partial charge in [0.25, 0.3) is 11.8 Å².